The molecule has 0 atom stereocenters. The minimum absolute atomic E-state index is 0.120. The number of nitrogens with one attached hydrogen (secondary N) is 1. The predicted molar refractivity (Wildman–Crippen MR) is 127 cm³/mol. The highest BCUT2D eigenvalue weighted by Crippen LogP contribution is 2.26. The van der Waals surface area contributed by atoms with Crippen molar-refractivity contribution in [3.63, 3.8) is 0 Å². The van der Waals surface area contributed by atoms with Crippen molar-refractivity contribution in [2.24, 2.45) is 0 Å². The van der Waals surface area contributed by atoms with Crippen molar-refractivity contribution in [2.75, 3.05) is 39.0 Å². The summed E-state index contributed by atoms with van der Waals surface area (Å²) >= 11 is 0. The Morgan fingerprint density at radius 2 is 1.75 bits per heavy atom. The molecule has 1 fully saturated rings. The number of hydrogen-bond acceptors (Lipinski definition) is 4. The monoisotopic (exact) mass is 440 g/mol. The van der Waals surface area contributed by atoms with Crippen LogP contribution in [0.4, 0.5) is 10.5 Å². The van der Waals surface area contributed by atoms with Gasteiger partial charge in [0.1, 0.15) is 11.3 Å². The fourth-order valence-electron chi connectivity index (χ4n) is 3.86. The SMILES string of the molecule is CN(C)CCc1ccc(NC(=O)c2cccn2C2CCN(C(=O)OC(C)(C)C)CC2)cc1. The Balaban J connectivity index is 1.57. The molecule has 0 saturated carbocycles. The van der Waals surface area contributed by atoms with Gasteiger partial charge in [-0.2, -0.15) is 0 Å². The number of benzene rings is 1. The second-order valence-electron chi connectivity index (χ2n) is 9.70. The van der Waals surface area contributed by atoms with Gasteiger partial charge in [0.15, 0.2) is 0 Å². The molecule has 0 bridgehead atoms. The molecule has 2 aromatic rings. The topological polar surface area (TPSA) is 66.8 Å². The summed E-state index contributed by atoms with van der Waals surface area (Å²) in [6, 6.07) is 12.0. The zero-order chi connectivity index (χ0) is 23.3. The van der Waals surface area contributed by atoms with Crippen molar-refractivity contribution in [3.8, 4) is 0 Å². The van der Waals surface area contributed by atoms with Gasteiger partial charge >= 0.3 is 6.09 Å². The van der Waals surface area contributed by atoms with Crippen LogP contribution in [0.3, 0.4) is 0 Å². The number of nitrogens with zero attached hydrogens (tertiary/aromatic N) is 3. The van der Waals surface area contributed by atoms with Gasteiger partial charge in [-0.15, -0.1) is 0 Å². The maximum atomic E-state index is 12.9. The van der Waals surface area contributed by atoms with E-state index >= 15 is 0 Å². The number of carbonyl (C=O) groups excluding carboxylic acids is 2. The lowest BCUT2D eigenvalue weighted by Crippen LogP contribution is -2.42. The van der Waals surface area contributed by atoms with Crippen molar-refractivity contribution in [2.45, 2.75) is 51.7 Å². The van der Waals surface area contributed by atoms with Gasteiger partial charge in [0.05, 0.1) is 0 Å². The number of carbonyl (C=O) groups is 2. The van der Waals surface area contributed by atoms with Crippen molar-refractivity contribution >= 4 is 17.7 Å². The molecule has 0 unspecified atom stereocenters. The van der Waals surface area contributed by atoms with Gasteiger partial charge in [0.25, 0.3) is 5.91 Å². The quantitative estimate of drug-likeness (QED) is 0.722. The highest BCUT2D eigenvalue weighted by Gasteiger charge is 2.28. The van der Waals surface area contributed by atoms with Crippen LogP contribution in [0.25, 0.3) is 0 Å². The Kier molecular flexibility index (Phi) is 7.61. The Hall–Kier alpha value is -2.80. The summed E-state index contributed by atoms with van der Waals surface area (Å²) in [5.41, 5.74) is 2.18. The summed E-state index contributed by atoms with van der Waals surface area (Å²) in [7, 11) is 4.12. The van der Waals surface area contributed by atoms with E-state index in [2.05, 4.69) is 36.4 Å². The molecule has 1 aromatic carbocycles. The highest BCUT2D eigenvalue weighted by atomic mass is 16.6. The molecule has 0 spiro atoms. The molecule has 3 rings (SSSR count). The molecule has 32 heavy (non-hydrogen) atoms. The maximum Gasteiger partial charge on any atom is 0.410 e. The number of anilines is 1. The molecule has 2 heterocycles. The van der Waals surface area contributed by atoms with Crippen LogP contribution in [0.5, 0.6) is 0 Å². The number of ether oxygens (including phenoxy) is 1. The van der Waals surface area contributed by atoms with Gasteiger partial charge in [-0.3, -0.25) is 4.79 Å². The smallest absolute Gasteiger partial charge is 0.410 e. The molecule has 0 aliphatic carbocycles. The standard InChI is InChI=1S/C25H36N4O3/c1-25(2,3)32-24(31)28-17-13-21(14-18-28)29-15-6-7-22(29)23(30)26-20-10-8-19(9-11-20)12-16-27(4)5/h6-11,15,21H,12-14,16-18H2,1-5H3,(H,26,30). The van der Waals surface area contributed by atoms with Crippen LogP contribution < -0.4 is 5.32 Å². The van der Waals surface area contributed by atoms with E-state index in [1.54, 1.807) is 4.90 Å². The van der Waals surface area contributed by atoms with Crippen LogP contribution in [0.15, 0.2) is 42.6 Å². The average Bonchev–Trinajstić information content (AvgIpc) is 3.22. The normalized spacial score (nSPS) is 15.1. The molecular formula is C25H36N4O3. The fourth-order valence-corrected chi connectivity index (χ4v) is 3.86. The van der Waals surface area contributed by atoms with Crippen molar-refractivity contribution < 1.29 is 14.3 Å². The van der Waals surface area contributed by atoms with Crippen molar-refractivity contribution in [1.29, 1.82) is 0 Å². The maximum absolute atomic E-state index is 12.9. The number of likely N-dealkylation sites (N-methyl/N-ethyl adjacent to an activating group) is 1. The third kappa shape index (κ3) is 6.60. The average molecular weight is 441 g/mol. The van der Waals surface area contributed by atoms with E-state index in [0.717, 1.165) is 31.5 Å². The molecule has 1 saturated heterocycles. The molecule has 0 radical (unpaired) electrons. The van der Waals surface area contributed by atoms with Gasteiger partial charge in [-0.05, 0) is 84.0 Å². The lowest BCUT2D eigenvalue weighted by atomic mass is 10.0. The van der Waals surface area contributed by atoms with Crippen LogP contribution in [-0.4, -0.2) is 65.7 Å². The van der Waals surface area contributed by atoms with E-state index in [4.69, 9.17) is 4.74 Å². The second-order valence-corrected chi connectivity index (χ2v) is 9.70. The molecular weight excluding hydrogens is 404 g/mol. The van der Waals surface area contributed by atoms with Crippen LogP contribution >= 0.6 is 0 Å². The summed E-state index contributed by atoms with van der Waals surface area (Å²) in [6.45, 7) is 7.85. The zero-order valence-corrected chi connectivity index (χ0v) is 19.9. The van der Waals surface area contributed by atoms with Gasteiger partial charge in [0, 0.05) is 37.6 Å². The summed E-state index contributed by atoms with van der Waals surface area (Å²) in [5, 5.41) is 3.01. The van der Waals surface area contributed by atoms with Crippen LogP contribution in [0.2, 0.25) is 0 Å². The second kappa shape index (κ2) is 10.2. The number of hydrogen-bond donors (Lipinski definition) is 1. The Bertz CT molecular complexity index is 904. The third-order valence-electron chi connectivity index (χ3n) is 5.58. The summed E-state index contributed by atoms with van der Waals surface area (Å²) in [4.78, 5) is 29.2. The largest absolute Gasteiger partial charge is 0.444 e. The van der Waals surface area contributed by atoms with Gasteiger partial charge in [-0.1, -0.05) is 12.1 Å². The minimum Gasteiger partial charge on any atom is -0.444 e. The molecule has 1 aromatic heterocycles. The summed E-state index contributed by atoms with van der Waals surface area (Å²) in [6.07, 6.45) is 4.23. The Labute approximate surface area is 191 Å². The molecule has 2 amide bonds. The van der Waals surface area contributed by atoms with Gasteiger partial charge < -0.3 is 24.4 Å². The van der Waals surface area contributed by atoms with E-state index in [0.29, 0.717) is 18.8 Å². The first kappa shape index (κ1) is 23.9. The van der Waals surface area contributed by atoms with Crippen molar-refractivity contribution in [3.05, 3.63) is 53.9 Å². The van der Waals surface area contributed by atoms with Crippen LogP contribution in [-0.2, 0) is 11.2 Å². The van der Waals surface area contributed by atoms with Gasteiger partial charge in [0.2, 0.25) is 0 Å². The van der Waals surface area contributed by atoms with E-state index in [1.807, 2.05) is 55.8 Å². The van der Waals surface area contributed by atoms with E-state index in [9.17, 15) is 9.59 Å². The molecule has 7 heteroatoms. The highest BCUT2D eigenvalue weighted by molar-refractivity contribution is 6.03. The van der Waals surface area contributed by atoms with Crippen molar-refractivity contribution in [1.82, 2.24) is 14.4 Å². The van der Waals surface area contributed by atoms with E-state index in [1.165, 1.54) is 5.56 Å². The number of piperidine rings is 1. The molecule has 1 aliphatic heterocycles. The lowest BCUT2D eigenvalue weighted by Gasteiger charge is -2.34. The first-order chi connectivity index (χ1) is 15.1. The predicted octanol–water partition coefficient (Wildman–Crippen LogP) is 4.42. The third-order valence-corrected chi connectivity index (χ3v) is 5.58. The summed E-state index contributed by atoms with van der Waals surface area (Å²) in [5.74, 6) is -0.120. The molecule has 174 valence electrons. The molecule has 1 aliphatic rings. The lowest BCUT2D eigenvalue weighted by molar-refractivity contribution is 0.0187. The first-order valence-corrected chi connectivity index (χ1v) is 11.3. The molecule has 7 nitrogen and oxygen atoms in total. The van der Waals surface area contributed by atoms with Gasteiger partial charge in [-0.25, -0.2) is 4.79 Å². The minimum atomic E-state index is -0.496. The molecule has 1 N–H and O–H groups in total. The fraction of sp³-hybridized carbons (Fsp3) is 0.520. The zero-order valence-electron chi connectivity index (χ0n) is 19.9. The van der Waals surface area contributed by atoms with Crippen LogP contribution in [0.1, 0.15) is 55.7 Å². The number of likely N-dealkylation sites (tertiary alicyclic amines) is 1. The van der Waals surface area contributed by atoms with E-state index < -0.39 is 5.60 Å². The number of rotatable bonds is 6. The Morgan fingerprint density at radius 1 is 1.09 bits per heavy atom. The first-order valence-electron chi connectivity index (χ1n) is 11.3. The summed E-state index contributed by atoms with van der Waals surface area (Å²) < 4.78 is 7.52. The number of amides is 2. The number of aromatic nitrogens is 1. The van der Waals surface area contributed by atoms with Crippen LogP contribution in [0, 0.1) is 0 Å². The Morgan fingerprint density at radius 3 is 2.34 bits per heavy atom. The van der Waals surface area contributed by atoms with E-state index in [-0.39, 0.29) is 18.0 Å².